The van der Waals surface area contributed by atoms with Gasteiger partial charge in [0.05, 0.1) is 23.7 Å². The normalized spacial score (nSPS) is 14.0. The summed E-state index contributed by atoms with van der Waals surface area (Å²) in [6, 6.07) is 14.6. The number of carbonyl (C=O) groups excluding carboxylic acids is 2. The smallest absolute Gasteiger partial charge is 0.432 e. The highest BCUT2D eigenvalue weighted by atomic mass is 16.7. The van der Waals surface area contributed by atoms with Gasteiger partial charge in [0.2, 0.25) is 0 Å². The van der Waals surface area contributed by atoms with Crippen LogP contribution in [-0.4, -0.2) is 45.6 Å². The SMILES string of the molecule is C=CC(CN1C(=O)c2ccccc2C1=O)N(OCc1ccccc1)C(=O)O. The summed E-state index contributed by atoms with van der Waals surface area (Å²) in [5, 5.41) is 10.2. The minimum atomic E-state index is -1.34. The molecule has 0 spiro atoms. The molecule has 7 heteroatoms. The summed E-state index contributed by atoms with van der Waals surface area (Å²) in [6.45, 7) is 3.47. The zero-order valence-electron chi connectivity index (χ0n) is 14.4. The minimum Gasteiger partial charge on any atom is -0.463 e. The van der Waals surface area contributed by atoms with E-state index in [1.165, 1.54) is 6.08 Å². The summed E-state index contributed by atoms with van der Waals surface area (Å²) in [6.07, 6.45) is -0.00436. The highest BCUT2D eigenvalue weighted by molar-refractivity contribution is 6.21. The number of carbonyl (C=O) groups is 3. The average molecular weight is 366 g/mol. The molecule has 0 radical (unpaired) electrons. The number of rotatable bonds is 7. The van der Waals surface area contributed by atoms with Crippen molar-refractivity contribution in [2.45, 2.75) is 12.6 Å². The summed E-state index contributed by atoms with van der Waals surface area (Å²) in [5.41, 5.74) is 1.39. The van der Waals surface area contributed by atoms with Gasteiger partial charge in [-0.25, -0.2) is 4.79 Å². The Kier molecular flexibility index (Phi) is 5.33. The molecule has 0 saturated heterocycles. The van der Waals surface area contributed by atoms with Gasteiger partial charge >= 0.3 is 6.09 Å². The predicted octanol–water partition coefficient (Wildman–Crippen LogP) is 2.95. The summed E-state index contributed by atoms with van der Waals surface area (Å²) in [7, 11) is 0. The highest BCUT2D eigenvalue weighted by Crippen LogP contribution is 2.23. The van der Waals surface area contributed by atoms with Gasteiger partial charge in [-0.2, -0.15) is 5.06 Å². The predicted molar refractivity (Wildman–Crippen MR) is 96.9 cm³/mol. The van der Waals surface area contributed by atoms with Gasteiger partial charge in [-0.15, -0.1) is 6.58 Å². The van der Waals surface area contributed by atoms with Crippen LogP contribution in [0.25, 0.3) is 0 Å². The highest BCUT2D eigenvalue weighted by Gasteiger charge is 2.38. The van der Waals surface area contributed by atoms with E-state index < -0.39 is 23.9 Å². The van der Waals surface area contributed by atoms with Crippen molar-refractivity contribution < 1.29 is 24.3 Å². The Morgan fingerprint density at radius 1 is 1.07 bits per heavy atom. The van der Waals surface area contributed by atoms with Crippen LogP contribution in [-0.2, 0) is 11.4 Å². The largest absolute Gasteiger partial charge is 0.463 e. The zero-order valence-corrected chi connectivity index (χ0v) is 14.4. The molecule has 7 nitrogen and oxygen atoms in total. The van der Waals surface area contributed by atoms with Crippen LogP contribution in [0.2, 0.25) is 0 Å². The van der Waals surface area contributed by atoms with Crippen LogP contribution in [0.5, 0.6) is 0 Å². The Hall–Kier alpha value is -3.45. The third kappa shape index (κ3) is 3.73. The molecule has 2 aromatic rings. The first-order chi connectivity index (χ1) is 13.0. The molecule has 1 atom stereocenters. The van der Waals surface area contributed by atoms with Crippen molar-refractivity contribution >= 4 is 17.9 Å². The Balaban J connectivity index is 1.75. The first-order valence-electron chi connectivity index (χ1n) is 8.29. The van der Waals surface area contributed by atoms with Crippen molar-refractivity contribution in [3.8, 4) is 0 Å². The molecule has 2 aromatic carbocycles. The van der Waals surface area contributed by atoms with Crippen LogP contribution in [0.1, 0.15) is 26.3 Å². The van der Waals surface area contributed by atoms with Gasteiger partial charge in [0.15, 0.2) is 0 Å². The monoisotopic (exact) mass is 366 g/mol. The van der Waals surface area contributed by atoms with E-state index in [2.05, 4.69) is 6.58 Å². The second-order valence-electron chi connectivity index (χ2n) is 5.94. The van der Waals surface area contributed by atoms with Crippen LogP contribution in [0.3, 0.4) is 0 Å². The fraction of sp³-hybridized carbons (Fsp3) is 0.150. The number of nitrogens with zero attached hydrogens (tertiary/aromatic N) is 2. The fourth-order valence-electron chi connectivity index (χ4n) is 2.85. The van der Waals surface area contributed by atoms with Crippen LogP contribution in [0, 0.1) is 0 Å². The molecule has 1 unspecified atom stereocenters. The van der Waals surface area contributed by atoms with Gasteiger partial charge < -0.3 is 5.11 Å². The number of hydrogen-bond acceptors (Lipinski definition) is 4. The quantitative estimate of drug-likeness (QED) is 0.462. The Labute approximate surface area is 156 Å². The molecule has 1 heterocycles. The van der Waals surface area contributed by atoms with Gasteiger partial charge in [0, 0.05) is 0 Å². The first kappa shape index (κ1) is 18.3. The molecular formula is C20H18N2O5. The lowest BCUT2D eigenvalue weighted by Gasteiger charge is -2.28. The number of amides is 3. The van der Waals surface area contributed by atoms with Gasteiger partial charge in [0.1, 0.15) is 6.61 Å². The number of carboxylic acid groups (broad SMARTS) is 1. The number of imide groups is 1. The van der Waals surface area contributed by atoms with Crippen molar-refractivity contribution in [1.29, 1.82) is 0 Å². The van der Waals surface area contributed by atoms with E-state index in [9.17, 15) is 19.5 Å². The minimum absolute atomic E-state index is 0.0274. The van der Waals surface area contributed by atoms with E-state index >= 15 is 0 Å². The summed E-state index contributed by atoms with van der Waals surface area (Å²) < 4.78 is 0. The lowest BCUT2D eigenvalue weighted by atomic mass is 10.1. The maximum Gasteiger partial charge on any atom is 0.432 e. The van der Waals surface area contributed by atoms with Gasteiger partial charge in [-0.3, -0.25) is 19.3 Å². The standard InChI is InChI=1S/C20H18N2O5/c1-2-15(22(20(25)26)27-13-14-8-4-3-5-9-14)12-21-18(23)16-10-6-7-11-17(16)19(21)24/h2-11,15H,1,12-13H2,(H,25,26). The average Bonchev–Trinajstić information content (AvgIpc) is 2.92. The molecule has 0 bridgehead atoms. The molecule has 27 heavy (non-hydrogen) atoms. The third-order valence-electron chi connectivity index (χ3n) is 4.22. The lowest BCUT2D eigenvalue weighted by molar-refractivity contribution is -0.158. The van der Waals surface area contributed by atoms with Crippen molar-refractivity contribution in [2.24, 2.45) is 0 Å². The maximum atomic E-state index is 12.5. The summed E-state index contributed by atoms with van der Waals surface area (Å²) in [4.78, 5) is 43.1. The summed E-state index contributed by atoms with van der Waals surface area (Å²) >= 11 is 0. The van der Waals surface area contributed by atoms with E-state index in [1.807, 2.05) is 18.2 Å². The van der Waals surface area contributed by atoms with Crippen molar-refractivity contribution in [2.75, 3.05) is 6.54 Å². The zero-order chi connectivity index (χ0) is 19.4. The molecule has 0 aliphatic carbocycles. The molecule has 0 fully saturated rings. The fourth-order valence-corrected chi connectivity index (χ4v) is 2.85. The maximum absolute atomic E-state index is 12.5. The van der Waals surface area contributed by atoms with E-state index in [0.29, 0.717) is 16.2 Å². The molecule has 0 saturated carbocycles. The second-order valence-corrected chi connectivity index (χ2v) is 5.94. The van der Waals surface area contributed by atoms with Crippen LogP contribution >= 0.6 is 0 Å². The van der Waals surface area contributed by atoms with Crippen molar-refractivity contribution in [3.63, 3.8) is 0 Å². The van der Waals surface area contributed by atoms with Gasteiger partial charge in [0.25, 0.3) is 11.8 Å². The topological polar surface area (TPSA) is 87.2 Å². The van der Waals surface area contributed by atoms with E-state index in [1.54, 1.807) is 36.4 Å². The molecule has 3 rings (SSSR count). The number of fused-ring (bicyclic) bond motifs is 1. The number of hydrogen-bond donors (Lipinski definition) is 1. The molecule has 1 N–H and O–H groups in total. The first-order valence-corrected chi connectivity index (χ1v) is 8.29. The summed E-state index contributed by atoms with van der Waals surface area (Å²) in [5.74, 6) is -0.924. The Bertz CT molecular complexity index is 846. The number of benzene rings is 2. The van der Waals surface area contributed by atoms with Gasteiger partial charge in [-0.05, 0) is 17.7 Å². The van der Waals surface area contributed by atoms with E-state index in [-0.39, 0.29) is 13.2 Å². The second kappa shape index (κ2) is 7.84. The molecule has 3 amide bonds. The molecule has 0 aromatic heterocycles. The van der Waals surface area contributed by atoms with Gasteiger partial charge in [-0.1, -0.05) is 48.5 Å². The van der Waals surface area contributed by atoms with E-state index in [0.717, 1.165) is 10.5 Å². The molecule has 1 aliphatic rings. The van der Waals surface area contributed by atoms with E-state index in [4.69, 9.17) is 4.84 Å². The van der Waals surface area contributed by atoms with Crippen LogP contribution in [0.15, 0.2) is 67.3 Å². The Morgan fingerprint density at radius 3 is 2.15 bits per heavy atom. The lowest BCUT2D eigenvalue weighted by Crippen LogP contribution is -2.47. The molecular weight excluding hydrogens is 348 g/mol. The Morgan fingerprint density at radius 2 is 1.63 bits per heavy atom. The van der Waals surface area contributed by atoms with Crippen LogP contribution in [0.4, 0.5) is 4.79 Å². The van der Waals surface area contributed by atoms with Crippen molar-refractivity contribution in [3.05, 3.63) is 83.9 Å². The molecule has 138 valence electrons. The van der Waals surface area contributed by atoms with Crippen LogP contribution < -0.4 is 0 Å². The number of hydroxylamine groups is 2. The molecule has 1 aliphatic heterocycles. The third-order valence-corrected chi connectivity index (χ3v) is 4.22. The van der Waals surface area contributed by atoms with Crippen molar-refractivity contribution in [1.82, 2.24) is 9.96 Å².